The maximum absolute atomic E-state index is 12.6. The highest BCUT2D eigenvalue weighted by Gasteiger charge is 2.42. The van der Waals surface area contributed by atoms with E-state index in [4.69, 9.17) is 14.2 Å². The molecule has 0 saturated carbocycles. The quantitative estimate of drug-likeness (QED) is 0.798. The summed E-state index contributed by atoms with van der Waals surface area (Å²) in [6.45, 7) is 12.1. The standard InChI is InChI=1S/C18H30N2O4/c1-13(2)16-14(6-8-22-16)11-19-17(21)20-7-4-5-15(12-20)18(3)23-9-10-24-18/h14-16H,1,4-12H2,2-3H3,(H,19,21)/t14-,15+,16+/m1/s1. The molecule has 0 bridgehead atoms. The lowest BCUT2D eigenvalue weighted by Gasteiger charge is -2.40. The Hall–Kier alpha value is -1.11. The summed E-state index contributed by atoms with van der Waals surface area (Å²) in [5, 5.41) is 3.09. The van der Waals surface area contributed by atoms with E-state index >= 15 is 0 Å². The summed E-state index contributed by atoms with van der Waals surface area (Å²) >= 11 is 0. The van der Waals surface area contributed by atoms with Crippen molar-refractivity contribution >= 4 is 6.03 Å². The number of hydrogen-bond acceptors (Lipinski definition) is 4. The molecule has 3 saturated heterocycles. The van der Waals surface area contributed by atoms with Crippen LogP contribution in [0.25, 0.3) is 0 Å². The third kappa shape index (κ3) is 3.76. The van der Waals surface area contributed by atoms with Crippen LogP contribution in [0.15, 0.2) is 12.2 Å². The largest absolute Gasteiger partial charge is 0.374 e. The normalized spacial score (nSPS) is 32.8. The van der Waals surface area contributed by atoms with Gasteiger partial charge in [0.25, 0.3) is 0 Å². The van der Waals surface area contributed by atoms with Gasteiger partial charge in [0.1, 0.15) is 0 Å². The Kier molecular flexibility index (Phi) is 5.47. The van der Waals surface area contributed by atoms with E-state index in [1.54, 1.807) is 0 Å². The van der Waals surface area contributed by atoms with Gasteiger partial charge in [0, 0.05) is 38.1 Å². The molecular weight excluding hydrogens is 308 g/mol. The molecule has 3 atom stereocenters. The fraction of sp³-hybridized carbons (Fsp3) is 0.833. The smallest absolute Gasteiger partial charge is 0.317 e. The molecule has 0 aromatic heterocycles. The van der Waals surface area contributed by atoms with Crippen LogP contribution in [0, 0.1) is 11.8 Å². The highest BCUT2D eigenvalue weighted by molar-refractivity contribution is 5.74. The van der Waals surface area contributed by atoms with E-state index in [2.05, 4.69) is 11.9 Å². The molecule has 0 spiro atoms. The van der Waals surface area contributed by atoms with Gasteiger partial charge >= 0.3 is 6.03 Å². The second-order valence-electron chi connectivity index (χ2n) is 7.37. The summed E-state index contributed by atoms with van der Waals surface area (Å²) in [7, 11) is 0. The van der Waals surface area contributed by atoms with Crippen LogP contribution in [0.1, 0.15) is 33.1 Å². The number of nitrogens with zero attached hydrogens (tertiary/aromatic N) is 1. The number of piperidine rings is 1. The first-order valence-corrected chi connectivity index (χ1v) is 9.07. The fourth-order valence-electron chi connectivity index (χ4n) is 4.07. The summed E-state index contributed by atoms with van der Waals surface area (Å²) in [5.41, 5.74) is 1.04. The Balaban J connectivity index is 1.50. The third-order valence-corrected chi connectivity index (χ3v) is 5.53. The van der Waals surface area contributed by atoms with E-state index in [9.17, 15) is 4.79 Å². The van der Waals surface area contributed by atoms with Gasteiger partial charge < -0.3 is 24.4 Å². The van der Waals surface area contributed by atoms with Crippen molar-refractivity contribution in [2.24, 2.45) is 11.8 Å². The van der Waals surface area contributed by atoms with E-state index in [1.165, 1.54) is 0 Å². The van der Waals surface area contributed by atoms with Crippen molar-refractivity contribution in [3.8, 4) is 0 Å². The molecule has 0 radical (unpaired) electrons. The minimum absolute atomic E-state index is 0.00802. The zero-order valence-corrected chi connectivity index (χ0v) is 14.9. The van der Waals surface area contributed by atoms with E-state index in [-0.39, 0.29) is 18.1 Å². The van der Waals surface area contributed by atoms with Gasteiger partial charge in [0.05, 0.1) is 19.3 Å². The number of likely N-dealkylation sites (tertiary alicyclic amines) is 1. The molecule has 3 rings (SSSR count). The molecule has 136 valence electrons. The van der Waals surface area contributed by atoms with Crippen molar-refractivity contribution in [3.05, 3.63) is 12.2 Å². The Labute approximate surface area is 144 Å². The minimum Gasteiger partial charge on any atom is -0.374 e. The lowest BCUT2D eigenvalue weighted by atomic mass is 9.90. The number of rotatable bonds is 4. The van der Waals surface area contributed by atoms with Gasteiger partial charge in [-0.2, -0.15) is 0 Å². The molecule has 0 aromatic carbocycles. The van der Waals surface area contributed by atoms with Crippen LogP contribution in [0.3, 0.4) is 0 Å². The highest BCUT2D eigenvalue weighted by atomic mass is 16.7. The molecule has 24 heavy (non-hydrogen) atoms. The molecule has 3 aliphatic heterocycles. The van der Waals surface area contributed by atoms with Gasteiger partial charge in [-0.3, -0.25) is 0 Å². The lowest BCUT2D eigenvalue weighted by Crippen LogP contribution is -2.52. The van der Waals surface area contributed by atoms with Crippen molar-refractivity contribution < 1.29 is 19.0 Å². The topological polar surface area (TPSA) is 60.0 Å². The van der Waals surface area contributed by atoms with Gasteiger partial charge in [-0.1, -0.05) is 12.2 Å². The number of carbonyl (C=O) groups is 1. The molecule has 3 aliphatic rings. The maximum Gasteiger partial charge on any atom is 0.317 e. The van der Waals surface area contributed by atoms with Gasteiger partial charge in [-0.25, -0.2) is 4.79 Å². The summed E-state index contributed by atoms with van der Waals surface area (Å²) < 4.78 is 17.3. The van der Waals surface area contributed by atoms with Crippen molar-refractivity contribution in [1.29, 1.82) is 0 Å². The Morgan fingerprint density at radius 2 is 2.04 bits per heavy atom. The summed E-state index contributed by atoms with van der Waals surface area (Å²) in [6.07, 6.45) is 3.06. The molecule has 0 aliphatic carbocycles. The molecule has 3 fully saturated rings. The molecule has 6 nitrogen and oxygen atoms in total. The molecular formula is C18H30N2O4. The van der Waals surface area contributed by atoms with Crippen LogP contribution in [0.4, 0.5) is 4.79 Å². The first-order chi connectivity index (χ1) is 11.5. The molecule has 0 unspecified atom stereocenters. The summed E-state index contributed by atoms with van der Waals surface area (Å²) in [4.78, 5) is 14.5. The average Bonchev–Trinajstić information content (AvgIpc) is 3.22. The second-order valence-corrected chi connectivity index (χ2v) is 7.37. The van der Waals surface area contributed by atoms with Crippen LogP contribution in [0.5, 0.6) is 0 Å². The highest BCUT2D eigenvalue weighted by Crippen LogP contribution is 2.34. The summed E-state index contributed by atoms with van der Waals surface area (Å²) in [5.74, 6) is 0.0204. The van der Waals surface area contributed by atoms with Gasteiger partial charge in [0.2, 0.25) is 0 Å². The van der Waals surface area contributed by atoms with Crippen LogP contribution in [0.2, 0.25) is 0 Å². The number of ether oxygens (including phenoxy) is 3. The van der Waals surface area contributed by atoms with Crippen molar-refractivity contribution in [2.45, 2.75) is 45.0 Å². The van der Waals surface area contributed by atoms with Crippen molar-refractivity contribution in [2.75, 3.05) is 39.5 Å². The fourth-order valence-corrected chi connectivity index (χ4v) is 4.07. The van der Waals surface area contributed by atoms with Crippen LogP contribution >= 0.6 is 0 Å². The molecule has 0 aromatic rings. The molecule has 1 N–H and O–H groups in total. The number of nitrogens with one attached hydrogen (secondary N) is 1. The van der Waals surface area contributed by atoms with Gasteiger partial charge in [-0.15, -0.1) is 0 Å². The monoisotopic (exact) mass is 338 g/mol. The second kappa shape index (κ2) is 7.42. The van der Waals surface area contributed by atoms with Crippen molar-refractivity contribution in [1.82, 2.24) is 10.2 Å². The number of urea groups is 1. The van der Waals surface area contributed by atoms with Gasteiger partial charge in [0.15, 0.2) is 5.79 Å². The average molecular weight is 338 g/mol. The van der Waals surface area contributed by atoms with E-state index < -0.39 is 5.79 Å². The number of amides is 2. The number of carbonyl (C=O) groups excluding carboxylic acids is 1. The van der Waals surface area contributed by atoms with Crippen LogP contribution in [-0.2, 0) is 14.2 Å². The SMILES string of the molecule is C=C(C)[C@@H]1OCC[C@@H]1CNC(=O)N1CCC[C@H](C2(C)OCCO2)C1. The minimum atomic E-state index is -0.538. The van der Waals surface area contributed by atoms with Crippen LogP contribution in [-0.4, -0.2) is 62.3 Å². The zero-order valence-electron chi connectivity index (χ0n) is 14.9. The predicted octanol–water partition coefficient (Wildman–Crippen LogP) is 2.15. The Morgan fingerprint density at radius 3 is 2.75 bits per heavy atom. The first-order valence-electron chi connectivity index (χ1n) is 9.07. The van der Waals surface area contributed by atoms with Gasteiger partial charge in [-0.05, 0) is 33.1 Å². The Bertz CT molecular complexity index is 476. The first kappa shape index (κ1) is 17.7. The predicted molar refractivity (Wildman–Crippen MR) is 90.7 cm³/mol. The summed E-state index contributed by atoms with van der Waals surface area (Å²) in [6, 6.07) is 0.00802. The third-order valence-electron chi connectivity index (χ3n) is 5.53. The van der Waals surface area contributed by atoms with E-state index in [1.807, 2.05) is 18.7 Å². The molecule has 2 amide bonds. The van der Waals surface area contributed by atoms with Crippen LogP contribution < -0.4 is 5.32 Å². The van der Waals surface area contributed by atoms with Crippen molar-refractivity contribution in [3.63, 3.8) is 0 Å². The molecule has 3 heterocycles. The number of hydrogen-bond donors (Lipinski definition) is 1. The van der Waals surface area contributed by atoms with E-state index in [0.29, 0.717) is 32.2 Å². The zero-order chi connectivity index (χ0) is 17.2. The lowest BCUT2D eigenvalue weighted by molar-refractivity contribution is -0.189. The maximum atomic E-state index is 12.6. The molecule has 6 heteroatoms. The Morgan fingerprint density at radius 1 is 1.29 bits per heavy atom. The van der Waals surface area contributed by atoms with E-state index in [0.717, 1.165) is 38.0 Å².